The Morgan fingerprint density at radius 1 is 1.56 bits per heavy atom. The molecule has 0 amide bonds. The van der Waals surface area contributed by atoms with Crippen LogP contribution in [0.1, 0.15) is 31.2 Å². The molecule has 90 valence electrons. The van der Waals surface area contributed by atoms with Gasteiger partial charge in [0.05, 0.1) is 11.8 Å². The molecule has 1 atom stereocenters. The molecule has 16 heavy (non-hydrogen) atoms. The van der Waals surface area contributed by atoms with Gasteiger partial charge < -0.3 is 9.84 Å². The normalized spacial score (nSPS) is 12.5. The molecule has 0 aliphatic heterocycles. The molecule has 0 saturated heterocycles. The van der Waals surface area contributed by atoms with Crippen molar-refractivity contribution in [1.82, 2.24) is 9.78 Å². The van der Waals surface area contributed by atoms with E-state index >= 15 is 0 Å². The van der Waals surface area contributed by atoms with Gasteiger partial charge in [0.2, 0.25) is 0 Å². The van der Waals surface area contributed by atoms with E-state index in [0.717, 1.165) is 17.1 Å². The highest BCUT2D eigenvalue weighted by Gasteiger charge is 2.14. The molecule has 5 nitrogen and oxygen atoms in total. The van der Waals surface area contributed by atoms with Gasteiger partial charge in [0.15, 0.2) is 5.75 Å². The van der Waals surface area contributed by atoms with Gasteiger partial charge in [-0.2, -0.15) is 5.10 Å². The number of rotatable bonds is 5. The molecule has 0 bridgehead atoms. The van der Waals surface area contributed by atoms with Crippen LogP contribution in [0.5, 0.6) is 5.75 Å². The zero-order valence-corrected chi connectivity index (χ0v) is 10.1. The van der Waals surface area contributed by atoms with Crippen molar-refractivity contribution in [2.75, 3.05) is 0 Å². The van der Waals surface area contributed by atoms with Crippen molar-refractivity contribution in [3.63, 3.8) is 0 Å². The average molecular weight is 226 g/mol. The van der Waals surface area contributed by atoms with E-state index in [4.69, 9.17) is 9.84 Å². The van der Waals surface area contributed by atoms with Gasteiger partial charge in [-0.3, -0.25) is 9.48 Å². The molecule has 0 spiro atoms. The minimum Gasteiger partial charge on any atom is -0.487 e. The van der Waals surface area contributed by atoms with Crippen molar-refractivity contribution in [2.45, 2.75) is 39.7 Å². The largest absolute Gasteiger partial charge is 0.487 e. The van der Waals surface area contributed by atoms with Gasteiger partial charge in [0, 0.05) is 13.5 Å². The molecule has 0 saturated carbocycles. The zero-order chi connectivity index (χ0) is 12.3. The summed E-state index contributed by atoms with van der Waals surface area (Å²) in [5, 5.41) is 12.8. The Kier molecular flexibility index (Phi) is 3.93. The maximum Gasteiger partial charge on any atom is 0.303 e. The average Bonchev–Trinajstić information content (AvgIpc) is 2.42. The summed E-state index contributed by atoms with van der Waals surface area (Å²) >= 11 is 0. The Morgan fingerprint density at radius 2 is 2.19 bits per heavy atom. The first-order valence-electron chi connectivity index (χ1n) is 5.30. The van der Waals surface area contributed by atoms with Crippen LogP contribution in [-0.4, -0.2) is 27.0 Å². The highest BCUT2D eigenvalue weighted by atomic mass is 16.5. The second-order valence-corrected chi connectivity index (χ2v) is 3.98. The molecule has 0 aliphatic carbocycles. The standard InChI is InChI=1S/C11H18N2O3/c1-7(5-6-10(14)15)16-11-8(2)12-13(4)9(11)3/h7H,5-6H2,1-4H3,(H,14,15). The van der Waals surface area contributed by atoms with Crippen LogP contribution in [0.3, 0.4) is 0 Å². The first kappa shape index (κ1) is 12.5. The lowest BCUT2D eigenvalue weighted by Gasteiger charge is -2.13. The fourth-order valence-corrected chi connectivity index (χ4v) is 1.51. The summed E-state index contributed by atoms with van der Waals surface area (Å²) in [4.78, 5) is 10.4. The second-order valence-electron chi connectivity index (χ2n) is 3.98. The van der Waals surface area contributed by atoms with Crippen LogP contribution in [0.25, 0.3) is 0 Å². The summed E-state index contributed by atoms with van der Waals surface area (Å²) in [7, 11) is 1.86. The highest BCUT2D eigenvalue weighted by Crippen LogP contribution is 2.23. The summed E-state index contributed by atoms with van der Waals surface area (Å²) in [6, 6.07) is 0. The van der Waals surface area contributed by atoms with Crippen LogP contribution in [0, 0.1) is 13.8 Å². The van der Waals surface area contributed by atoms with Crippen molar-refractivity contribution in [1.29, 1.82) is 0 Å². The van der Waals surface area contributed by atoms with E-state index in [-0.39, 0.29) is 12.5 Å². The van der Waals surface area contributed by atoms with Crippen LogP contribution in [-0.2, 0) is 11.8 Å². The minimum absolute atomic E-state index is 0.113. The van der Waals surface area contributed by atoms with Crippen LogP contribution < -0.4 is 4.74 Å². The number of hydrogen-bond donors (Lipinski definition) is 1. The van der Waals surface area contributed by atoms with E-state index in [0.29, 0.717) is 6.42 Å². The number of aliphatic carboxylic acids is 1. The molecule has 1 unspecified atom stereocenters. The molecular weight excluding hydrogens is 208 g/mol. The lowest BCUT2D eigenvalue weighted by atomic mass is 10.2. The maximum atomic E-state index is 10.4. The number of carboxylic acid groups (broad SMARTS) is 1. The highest BCUT2D eigenvalue weighted by molar-refractivity contribution is 5.66. The van der Waals surface area contributed by atoms with E-state index in [1.807, 2.05) is 27.8 Å². The summed E-state index contributed by atoms with van der Waals surface area (Å²) in [5.74, 6) is -0.0320. The maximum absolute atomic E-state index is 10.4. The first-order valence-corrected chi connectivity index (χ1v) is 5.30. The molecular formula is C11H18N2O3. The number of carbonyl (C=O) groups is 1. The number of aromatic nitrogens is 2. The third-order valence-corrected chi connectivity index (χ3v) is 2.53. The summed E-state index contributed by atoms with van der Waals surface area (Å²) in [6.07, 6.45) is 0.514. The molecule has 1 aromatic heterocycles. The van der Waals surface area contributed by atoms with Crippen molar-refractivity contribution >= 4 is 5.97 Å². The van der Waals surface area contributed by atoms with Gasteiger partial charge in [-0.05, 0) is 27.2 Å². The number of hydrogen-bond acceptors (Lipinski definition) is 3. The van der Waals surface area contributed by atoms with Crippen LogP contribution in [0.4, 0.5) is 0 Å². The Labute approximate surface area is 95.0 Å². The van der Waals surface area contributed by atoms with Gasteiger partial charge in [-0.1, -0.05) is 0 Å². The number of aryl methyl sites for hydroxylation is 2. The number of nitrogens with zero attached hydrogens (tertiary/aromatic N) is 2. The van der Waals surface area contributed by atoms with Gasteiger partial charge in [0.1, 0.15) is 5.69 Å². The summed E-state index contributed by atoms with van der Waals surface area (Å²) in [5.41, 5.74) is 1.79. The molecule has 0 radical (unpaired) electrons. The van der Waals surface area contributed by atoms with Crippen LogP contribution >= 0.6 is 0 Å². The number of carboxylic acids is 1. The topological polar surface area (TPSA) is 64.4 Å². The van der Waals surface area contributed by atoms with Gasteiger partial charge >= 0.3 is 5.97 Å². The first-order chi connectivity index (χ1) is 7.41. The molecule has 1 heterocycles. The molecule has 5 heteroatoms. The Balaban J connectivity index is 2.62. The van der Waals surface area contributed by atoms with Crippen LogP contribution in [0.2, 0.25) is 0 Å². The quantitative estimate of drug-likeness (QED) is 0.829. The lowest BCUT2D eigenvalue weighted by molar-refractivity contribution is -0.137. The number of ether oxygens (including phenoxy) is 1. The van der Waals surface area contributed by atoms with E-state index in [2.05, 4.69) is 5.10 Å². The predicted molar refractivity (Wildman–Crippen MR) is 59.6 cm³/mol. The minimum atomic E-state index is -0.796. The fraction of sp³-hybridized carbons (Fsp3) is 0.636. The van der Waals surface area contributed by atoms with Crippen molar-refractivity contribution < 1.29 is 14.6 Å². The molecule has 0 aliphatic rings. The molecule has 0 aromatic carbocycles. The molecule has 1 rings (SSSR count). The van der Waals surface area contributed by atoms with Gasteiger partial charge in [0.25, 0.3) is 0 Å². The van der Waals surface area contributed by atoms with Crippen molar-refractivity contribution in [3.05, 3.63) is 11.4 Å². The third kappa shape index (κ3) is 2.98. The fourth-order valence-electron chi connectivity index (χ4n) is 1.51. The lowest BCUT2D eigenvalue weighted by Crippen LogP contribution is -2.14. The van der Waals surface area contributed by atoms with E-state index in [1.54, 1.807) is 4.68 Å². The second kappa shape index (κ2) is 5.01. The van der Waals surface area contributed by atoms with Crippen molar-refractivity contribution in [3.8, 4) is 5.75 Å². The Bertz CT molecular complexity index is 385. The molecule has 1 aromatic rings. The SMILES string of the molecule is Cc1nn(C)c(C)c1OC(C)CCC(=O)O. The van der Waals surface area contributed by atoms with Gasteiger partial charge in [-0.25, -0.2) is 0 Å². The van der Waals surface area contributed by atoms with Gasteiger partial charge in [-0.15, -0.1) is 0 Å². The monoisotopic (exact) mass is 226 g/mol. The van der Waals surface area contributed by atoms with E-state index < -0.39 is 5.97 Å². The van der Waals surface area contributed by atoms with E-state index in [9.17, 15) is 4.79 Å². The van der Waals surface area contributed by atoms with Crippen molar-refractivity contribution in [2.24, 2.45) is 7.05 Å². The smallest absolute Gasteiger partial charge is 0.303 e. The predicted octanol–water partition coefficient (Wildman–Crippen LogP) is 1.67. The third-order valence-electron chi connectivity index (χ3n) is 2.53. The molecule has 0 fully saturated rings. The van der Waals surface area contributed by atoms with E-state index in [1.165, 1.54) is 0 Å². The Hall–Kier alpha value is -1.52. The summed E-state index contributed by atoms with van der Waals surface area (Å²) < 4.78 is 7.46. The Morgan fingerprint density at radius 3 is 2.62 bits per heavy atom. The molecule has 1 N–H and O–H groups in total. The summed E-state index contributed by atoms with van der Waals surface area (Å²) in [6.45, 7) is 5.68. The van der Waals surface area contributed by atoms with Crippen LogP contribution in [0.15, 0.2) is 0 Å². The zero-order valence-electron chi connectivity index (χ0n) is 10.1.